The second-order valence-corrected chi connectivity index (χ2v) is 4.11. The number of aromatic nitrogens is 1. The van der Waals surface area contributed by atoms with Crippen LogP contribution < -0.4 is 0 Å². The highest BCUT2D eigenvalue weighted by Gasteiger charge is 2.13. The fourth-order valence-electron chi connectivity index (χ4n) is 1.55. The molecule has 3 heteroatoms. The molecule has 0 fully saturated rings. The van der Waals surface area contributed by atoms with Crippen LogP contribution in [0.15, 0.2) is 10.5 Å². The lowest BCUT2D eigenvalue weighted by atomic mass is 10.3. The first kappa shape index (κ1) is 10.3. The normalized spacial score (nSPS) is 10.5. The lowest BCUT2D eigenvalue weighted by Gasteiger charge is -2.13. The van der Waals surface area contributed by atoms with Gasteiger partial charge in [-0.1, -0.05) is 6.92 Å². The predicted molar refractivity (Wildman–Crippen MR) is 56.6 cm³/mol. The Morgan fingerprint density at radius 2 is 2.23 bits per heavy atom. The summed E-state index contributed by atoms with van der Waals surface area (Å²) in [6, 6.07) is 4.44. The fourth-order valence-corrected chi connectivity index (χ4v) is 2.24. The molecule has 0 aliphatic heterocycles. The molecule has 0 N–H and O–H groups in total. The van der Waals surface area contributed by atoms with Gasteiger partial charge in [-0.15, -0.1) is 0 Å². The minimum Gasteiger partial charge on any atom is -0.333 e. The first-order valence-electron chi connectivity index (χ1n) is 4.41. The molecule has 1 aromatic rings. The highest BCUT2D eigenvalue weighted by Crippen LogP contribution is 2.25. The minimum atomic E-state index is 0.343. The van der Waals surface area contributed by atoms with E-state index in [9.17, 15) is 0 Å². The van der Waals surface area contributed by atoms with Crippen LogP contribution in [0.3, 0.4) is 0 Å². The monoisotopic (exact) mass is 240 g/mol. The second-order valence-electron chi connectivity index (χ2n) is 3.25. The number of halogens is 1. The van der Waals surface area contributed by atoms with E-state index in [0.717, 1.165) is 16.6 Å². The Balaban J connectivity index is 3.34. The van der Waals surface area contributed by atoms with Gasteiger partial charge in [0.05, 0.1) is 0 Å². The zero-order valence-corrected chi connectivity index (χ0v) is 9.72. The van der Waals surface area contributed by atoms with Crippen molar-refractivity contribution in [2.24, 2.45) is 0 Å². The quantitative estimate of drug-likeness (QED) is 0.781. The van der Waals surface area contributed by atoms with Crippen molar-refractivity contribution < 1.29 is 0 Å². The third-order valence-electron chi connectivity index (χ3n) is 2.06. The van der Waals surface area contributed by atoms with E-state index < -0.39 is 0 Å². The van der Waals surface area contributed by atoms with E-state index in [0.29, 0.717) is 6.04 Å². The predicted octanol–water partition coefficient (Wildman–Crippen LogP) is 3.27. The number of hydrogen-bond acceptors (Lipinski definition) is 1. The molecule has 70 valence electrons. The fraction of sp³-hybridized carbons (Fsp3) is 0.500. The highest BCUT2D eigenvalue weighted by molar-refractivity contribution is 9.10. The van der Waals surface area contributed by atoms with Gasteiger partial charge in [0.15, 0.2) is 0 Å². The molecule has 2 nitrogen and oxygen atoms in total. The Labute approximate surface area is 87.3 Å². The van der Waals surface area contributed by atoms with Gasteiger partial charge < -0.3 is 4.57 Å². The summed E-state index contributed by atoms with van der Waals surface area (Å²) in [4.78, 5) is 0. The molecule has 0 spiro atoms. The van der Waals surface area contributed by atoms with E-state index in [4.69, 9.17) is 5.26 Å². The van der Waals surface area contributed by atoms with E-state index in [1.165, 1.54) is 5.69 Å². The maximum absolute atomic E-state index is 8.91. The van der Waals surface area contributed by atoms with E-state index in [1.54, 1.807) is 0 Å². The van der Waals surface area contributed by atoms with Gasteiger partial charge in [-0.3, -0.25) is 0 Å². The van der Waals surface area contributed by atoms with Gasteiger partial charge in [-0.05, 0) is 42.3 Å². The number of nitrogens with zero attached hydrogens (tertiary/aromatic N) is 2. The summed E-state index contributed by atoms with van der Waals surface area (Å²) in [6.45, 7) is 6.28. The third kappa shape index (κ3) is 1.78. The molecular formula is C10H13BrN2. The van der Waals surface area contributed by atoms with Crippen LogP contribution in [0.4, 0.5) is 0 Å². The third-order valence-corrected chi connectivity index (χ3v) is 2.74. The standard InChI is InChI=1S/C10H13BrN2/c1-4-10-9(11)5-8(6-12)13(10)7(2)3/h5,7H,4H2,1-3H3. The summed E-state index contributed by atoms with van der Waals surface area (Å²) in [5.74, 6) is 0. The van der Waals surface area contributed by atoms with Gasteiger partial charge in [0.2, 0.25) is 0 Å². The Morgan fingerprint density at radius 3 is 2.62 bits per heavy atom. The Hall–Kier alpha value is -0.750. The summed E-state index contributed by atoms with van der Waals surface area (Å²) in [7, 11) is 0. The molecule has 0 bridgehead atoms. The first-order valence-corrected chi connectivity index (χ1v) is 5.20. The van der Waals surface area contributed by atoms with Crippen molar-refractivity contribution in [2.75, 3.05) is 0 Å². The molecule has 0 amide bonds. The molecule has 0 saturated carbocycles. The molecule has 0 aliphatic rings. The van der Waals surface area contributed by atoms with Gasteiger partial charge in [-0.2, -0.15) is 5.26 Å². The zero-order chi connectivity index (χ0) is 10.0. The van der Waals surface area contributed by atoms with Crippen LogP contribution in [-0.2, 0) is 6.42 Å². The molecule has 0 saturated heterocycles. The van der Waals surface area contributed by atoms with E-state index >= 15 is 0 Å². The first-order chi connectivity index (χ1) is 6.11. The van der Waals surface area contributed by atoms with Crippen molar-refractivity contribution in [1.82, 2.24) is 4.57 Å². The van der Waals surface area contributed by atoms with E-state index in [2.05, 4.69) is 47.3 Å². The largest absolute Gasteiger partial charge is 0.333 e. The molecule has 0 aromatic carbocycles. The minimum absolute atomic E-state index is 0.343. The van der Waals surface area contributed by atoms with Crippen molar-refractivity contribution >= 4 is 15.9 Å². The van der Waals surface area contributed by atoms with Gasteiger partial charge in [0, 0.05) is 16.2 Å². The van der Waals surface area contributed by atoms with Crippen LogP contribution in [0.2, 0.25) is 0 Å². The van der Waals surface area contributed by atoms with Crippen LogP contribution in [0, 0.1) is 11.3 Å². The molecular weight excluding hydrogens is 228 g/mol. The molecule has 0 unspecified atom stereocenters. The van der Waals surface area contributed by atoms with Crippen LogP contribution in [0.25, 0.3) is 0 Å². The van der Waals surface area contributed by atoms with Crippen molar-refractivity contribution in [3.05, 3.63) is 21.9 Å². The van der Waals surface area contributed by atoms with Crippen LogP contribution in [0.5, 0.6) is 0 Å². The van der Waals surface area contributed by atoms with Gasteiger partial charge >= 0.3 is 0 Å². The SMILES string of the molecule is CCc1c(Br)cc(C#N)n1C(C)C. The lowest BCUT2D eigenvalue weighted by Crippen LogP contribution is -2.07. The van der Waals surface area contributed by atoms with Gasteiger partial charge in [0.25, 0.3) is 0 Å². The van der Waals surface area contributed by atoms with Crippen LogP contribution in [-0.4, -0.2) is 4.57 Å². The van der Waals surface area contributed by atoms with Crippen molar-refractivity contribution in [3.8, 4) is 6.07 Å². The number of hydrogen-bond donors (Lipinski definition) is 0. The second kappa shape index (κ2) is 3.97. The summed E-state index contributed by atoms with van der Waals surface area (Å²) in [5, 5.41) is 8.91. The zero-order valence-electron chi connectivity index (χ0n) is 8.13. The van der Waals surface area contributed by atoms with Crippen molar-refractivity contribution in [1.29, 1.82) is 5.26 Å². The molecule has 0 radical (unpaired) electrons. The summed E-state index contributed by atoms with van der Waals surface area (Å²) >= 11 is 3.47. The Bertz CT molecular complexity index is 345. The van der Waals surface area contributed by atoms with Gasteiger partial charge in [-0.25, -0.2) is 0 Å². The Kier molecular flexibility index (Phi) is 3.16. The average molecular weight is 241 g/mol. The maximum Gasteiger partial charge on any atom is 0.121 e. The Morgan fingerprint density at radius 1 is 1.62 bits per heavy atom. The molecule has 13 heavy (non-hydrogen) atoms. The van der Waals surface area contributed by atoms with E-state index in [1.807, 2.05) is 6.07 Å². The summed E-state index contributed by atoms with van der Waals surface area (Å²) in [6.07, 6.45) is 0.945. The number of nitriles is 1. The van der Waals surface area contributed by atoms with Gasteiger partial charge in [0.1, 0.15) is 11.8 Å². The summed E-state index contributed by atoms with van der Waals surface area (Å²) in [5.41, 5.74) is 1.94. The van der Waals surface area contributed by atoms with Crippen LogP contribution in [0.1, 0.15) is 38.2 Å². The molecule has 1 heterocycles. The molecule has 1 aromatic heterocycles. The summed E-state index contributed by atoms with van der Waals surface area (Å²) < 4.78 is 3.12. The van der Waals surface area contributed by atoms with Crippen molar-refractivity contribution in [3.63, 3.8) is 0 Å². The number of rotatable bonds is 2. The van der Waals surface area contributed by atoms with Crippen LogP contribution >= 0.6 is 15.9 Å². The smallest absolute Gasteiger partial charge is 0.121 e. The maximum atomic E-state index is 8.91. The molecule has 0 aliphatic carbocycles. The highest BCUT2D eigenvalue weighted by atomic mass is 79.9. The molecule has 1 rings (SSSR count). The topological polar surface area (TPSA) is 28.7 Å². The van der Waals surface area contributed by atoms with Crippen molar-refractivity contribution in [2.45, 2.75) is 33.2 Å². The average Bonchev–Trinajstić information content (AvgIpc) is 2.41. The van der Waals surface area contributed by atoms with E-state index in [-0.39, 0.29) is 0 Å². The lowest BCUT2D eigenvalue weighted by molar-refractivity contribution is 0.572. The molecule has 0 atom stereocenters.